The van der Waals surface area contributed by atoms with Crippen LogP contribution in [0, 0.1) is 17.0 Å². The van der Waals surface area contributed by atoms with Gasteiger partial charge in [-0.1, -0.05) is 35.9 Å². The Bertz CT molecular complexity index is 1490. The second kappa shape index (κ2) is 11.1. The van der Waals surface area contributed by atoms with Crippen molar-refractivity contribution in [2.24, 2.45) is 0 Å². The molecule has 0 bridgehead atoms. The molecule has 1 heterocycles. The molecule has 1 N–H and O–H groups in total. The third kappa shape index (κ3) is 5.65. The number of carbonyl (C=O) groups is 3. The maximum Gasteiger partial charge on any atom is 0.335 e. The lowest BCUT2D eigenvalue weighted by atomic mass is 10.1. The normalized spacial score (nSPS) is 14.4. The fourth-order valence-corrected chi connectivity index (χ4v) is 3.88. The molecule has 11 heteroatoms. The highest BCUT2D eigenvalue weighted by molar-refractivity contribution is 6.39. The average molecular weight is 536 g/mol. The van der Waals surface area contributed by atoms with Gasteiger partial charge in [-0.25, -0.2) is 9.69 Å². The number of barbiturate groups is 1. The van der Waals surface area contributed by atoms with Crippen LogP contribution < -0.4 is 19.7 Å². The summed E-state index contributed by atoms with van der Waals surface area (Å²) < 4.78 is 11.5. The van der Waals surface area contributed by atoms with Crippen LogP contribution in [-0.4, -0.2) is 29.4 Å². The van der Waals surface area contributed by atoms with E-state index in [9.17, 15) is 24.5 Å². The number of anilines is 1. The van der Waals surface area contributed by atoms with Crippen molar-refractivity contribution < 1.29 is 28.8 Å². The molecule has 0 aliphatic carbocycles. The van der Waals surface area contributed by atoms with Crippen LogP contribution in [0.4, 0.5) is 16.2 Å². The van der Waals surface area contributed by atoms with Crippen LogP contribution in [0.25, 0.3) is 6.08 Å². The van der Waals surface area contributed by atoms with Gasteiger partial charge < -0.3 is 9.47 Å². The minimum Gasteiger partial charge on any atom is -0.490 e. The van der Waals surface area contributed by atoms with E-state index in [2.05, 4.69) is 5.32 Å². The van der Waals surface area contributed by atoms with Gasteiger partial charge in [0.2, 0.25) is 0 Å². The van der Waals surface area contributed by atoms with Crippen LogP contribution >= 0.6 is 11.6 Å². The number of carbonyl (C=O) groups excluding carboxylic acids is 3. The number of nitro groups is 1. The number of ether oxygens (including phenoxy) is 2. The highest BCUT2D eigenvalue weighted by Gasteiger charge is 2.37. The van der Waals surface area contributed by atoms with Crippen molar-refractivity contribution in [3.05, 3.63) is 98.1 Å². The average Bonchev–Trinajstić information content (AvgIpc) is 2.88. The van der Waals surface area contributed by atoms with Crippen LogP contribution in [0.5, 0.6) is 11.5 Å². The summed E-state index contributed by atoms with van der Waals surface area (Å²) in [4.78, 5) is 49.6. The lowest BCUT2D eigenvalue weighted by Gasteiger charge is -2.26. The molecule has 38 heavy (non-hydrogen) atoms. The van der Waals surface area contributed by atoms with E-state index in [-0.39, 0.29) is 23.6 Å². The molecule has 0 atom stereocenters. The minimum atomic E-state index is -0.878. The second-order valence-corrected chi connectivity index (χ2v) is 8.65. The van der Waals surface area contributed by atoms with Crippen molar-refractivity contribution in [1.29, 1.82) is 0 Å². The number of non-ortho nitro benzene ring substituents is 1. The molecule has 1 fully saturated rings. The summed E-state index contributed by atoms with van der Waals surface area (Å²) in [5.74, 6) is -0.929. The largest absolute Gasteiger partial charge is 0.490 e. The number of amides is 4. The Hall–Kier alpha value is -4.70. The molecule has 1 aliphatic heterocycles. The Labute approximate surface area is 222 Å². The number of imide groups is 2. The molecule has 3 aromatic carbocycles. The topological polar surface area (TPSA) is 128 Å². The Morgan fingerprint density at radius 3 is 2.53 bits per heavy atom. The lowest BCUT2D eigenvalue weighted by molar-refractivity contribution is -0.384. The number of hydrogen-bond donors (Lipinski definition) is 1. The third-order valence-corrected chi connectivity index (χ3v) is 6.02. The summed E-state index contributed by atoms with van der Waals surface area (Å²) in [6, 6.07) is 14.7. The molecule has 4 amide bonds. The molecule has 0 saturated carbocycles. The molecular weight excluding hydrogens is 514 g/mol. The van der Waals surface area contributed by atoms with E-state index in [0.29, 0.717) is 34.3 Å². The van der Waals surface area contributed by atoms with Crippen molar-refractivity contribution in [3.8, 4) is 11.5 Å². The number of aryl methyl sites for hydroxylation is 1. The lowest BCUT2D eigenvalue weighted by Crippen LogP contribution is -2.54. The molecule has 1 aliphatic rings. The first-order valence-electron chi connectivity index (χ1n) is 11.5. The van der Waals surface area contributed by atoms with Crippen molar-refractivity contribution in [2.75, 3.05) is 11.5 Å². The van der Waals surface area contributed by atoms with E-state index in [1.807, 2.05) is 0 Å². The Balaban J connectivity index is 1.61. The van der Waals surface area contributed by atoms with Gasteiger partial charge in [0.15, 0.2) is 11.5 Å². The highest BCUT2D eigenvalue weighted by Crippen LogP contribution is 2.32. The first kappa shape index (κ1) is 26.4. The van der Waals surface area contributed by atoms with Gasteiger partial charge in [-0.3, -0.25) is 25.0 Å². The molecule has 0 radical (unpaired) electrons. The van der Waals surface area contributed by atoms with Gasteiger partial charge in [0.1, 0.15) is 12.2 Å². The van der Waals surface area contributed by atoms with Crippen LogP contribution in [0.15, 0.2) is 66.2 Å². The summed E-state index contributed by atoms with van der Waals surface area (Å²) in [6.45, 7) is 3.93. The highest BCUT2D eigenvalue weighted by atomic mass is 35.5. The number of nitrogens with one attached hydrogen (secondary N) is 1. The Kier molecular flexibility index (Phi) is 7.73. The van der Waals surface area contributed by atoms with E-state index in [4.69, 9.17) is 21.1 Å². The Morgan fingerprint density at radius 1 is 1.03 bits per heavy atom. The van der Waals surface area contributed by atoms with Crippen LogP contribution in [-0.2, 0) is 16.2 Å². The maximum atomic E-state index is 13.2. The predicted molar refractivity (Wildman–Crippen MR) is 140 cm³/mol. The number of nitro benzene ring substituents is 1. The molecule has 194 valence electrons. The number of hydrogen-bond acceptors (Lipinski definition) is 7. The van der Waals surface area contributed by atoms with Gasteiger partial charge in [0.05, 0.1) is 17.2 Å². The standard InChI is InChI=1S/C27H22ClN3O7/c1-3-37-24-13-17(8-10-23(24)38-15-18-5-4-6-20(11-18)31(35)36)12-21-25(32)29-27(34)30(26(21)33)19-9-7-16(2)22(28)14-19/h4-14H,3,15H2,1-2H3,(H,29,32,34)/b21-12-. The van der Waals surface area contributed by atoms with Crippen molar-refractivity contribution in [3.63, 3.8) is 0 Å². The SMILES string of the molecule is CCOc1cc(/C=C2/C(=O)NC(=O)N(c3ccc(C)c(Cl)c3)C2=O)ccc1OCc1cccc([N+](=O)[O-])c1. The van der Waals surface area contributed by atoms with Gasteiger partial charge in [-0.2, -0.15) is 0 Å². The molecule has 3 aromatic rings. The van der Waals surface area contributed by atoms with Gasteiger partial charge >= 0.3 is 6.03 Å². The summed E-state index contributed by atoms with van der Waals surface area (Å²) in [7, 11) is 0. The molecule has 1 saturated heterocycles. The molecule has 0 spiro atoms. The predicted octanol–water partition coefficient (Wildman–Crippen LogP) is 5.20. The van der Waals surface area contributed by atoms with Gasteiger partial charge in [-0.15, -0.1) is 0 Å². The van der Waals surface area contributed by atoms with Gasteiger partial charge in [-0.05, 0) is 60.9 Å². The van der Waals surface area contributed by atoms with E-state index in [1.54, 1.807) is 56.3 Å². The van der Waals surface area contributed by atoms with Crippen molar-refractivity contribution in [1.82, 2.24) is 5.32 Å². The number of halogens is 1. The zero-order valence-corrected chi connectivity index (χ0v) is 21.2. The van der Waals surface area contributed by atoms with Crippen LogP contribution in [0.1, 0.15) is 23.6 Å². The summed E-state index contributed by atoms with van der Waals surface area (Å²) in [5.41, 5.74) is 1.73. The monoisotopic (exact) mass is 535 g/mol. The first-order valence-corrected chi connectivity index (χ1v) is 11.9. The third-order valence-electron chi connectivity index (χ3n) is 5.61. The molecule has 0 aromatic heterocycles. The molecule has 0 unspecified atom stereocenters. The smallest absolute Gasteiger partial charge is 0.335 e. The maximum absolute atomic E-state index is 13.2. The quantitative estimate of drug-likeness (QED) is 0.182. The second-order valence-electron chi connectivity index (χ2n) is 8.25. The molecule has 4 rings (SSSR count). The van der Waals surface area contributed by atoms with Gasteiger partial charge in [0, 0.05) is 17.2 Å². The first-order chi connectivity index (χ1) is 18.2. The van der Waals surface area contributed by atoms with E-state index in [0.717, 1.165) is 10.5 Å². The summed E-state index contributed by atoms with van der Waals surface area (Å²) in [6.07, 6.45) is 1.35. The zero-order valence-electron chi connectivity index (χ0n) is 20.4. The Morgan fingerprint density at radius 2 is 1.82 bits per heavy atom. The number of benzene rings is 3. The van der Waals surface area contributed by atoms with Crippen LogP contribution in [0.3, 0.4) is 0 Å². The van der Waals surface area contributed by atoms with Gasteiger partial charge in [0.25, 0.3) is 17.5 Å². The molecule has 10 nitrogen and oxygen atoms in total. The van der Waals surface area contributed by atoms with Crippen molar-refractivity contribution >= 4 is 46.9 Å². The number of rotatable bonds is 8. The summed E-state index contributed by atoms with van der Waals surface area (Å²) in [5, 5.41) is 13.6. The van der Waals surface area contributed by atoms with E-state index in [1.165, 1.54) is 24.3 Å². The number of urea groups is 1. The van der Waals surface area contributed by atoms with E-state index >= 15 is 0 Å². The fraction of sp³-hybridized carbons (Fsp3) is 0.148. The fourth-order valence-electron chi connectivity index (χ4n) is 3.70. The molecular formula is C27H22ClN3O7. The summed E-state index contributed by atoms with van der Waals surface area (Å²) >= 11 is 6.16. The van der Waals surface area contributed by atoms with E-state index < -0.39 is 22.8 Å². The zero-order chi connectivity index (χ0) is 27.4. The number of nitrogens with zero attached hydrogens (tertiary/aromatic N) is 2. The van der Waals surface area contributed by atoms with Crippen molar-refractivity contribution in [2.45, 2.75) is 20.5 Å². The minimum absolute atomic E-state index is 0.0473. The van der Waals surface area contributed by atoms with Crippen LogP contribution in [0.2, 0.25) is 5.02 Å².